The van der Waals surface area contributed by atoms with Gasteiger partial charge in [-0.1, -0.05) is 23.0 Å². The van der Waals surface area contributed by atoms with Crippen LogP contribution in [-0.4, -0.2) is 18.0 Å². The highest BCUT2D eigenvalue weighted by atomic mass is 32.1. The van der Waals surface area contributed by atoms with Crippen LogP contribution in [0.4, 0.5) is 5.13 Å². The minimum atomic E-state index is -0.159. The number of amides is 1. The molecule has 0 aliphatic rings. The van der Waals surface area contributed by atoms with Crippen LogP contribution in [0.25, 0.3) is 10.2 Å². The highest BCUT2D eigenvalue weighted by Gasteiger charge is 2.09. The van der Waals surface area contributed by atoms with Crippen molar-refractivity contribution in [2.24, 2.45) is 0 Å². The number of benzene rings is 1. The molecule has 0 spiro atoms. The third kappa shape index (κ3) is 2.68. The Bertz CT molecular complexity index is 612. The van der Waals surface area contributed by atoms with Gasteiger partial charge in [0.25, 0.3) is 0 Å². The number of ether oxygens (including phenoxy) is 1. The van der Waals surface area contributed by atoms with Crippen molar-refractivity contribution in [3.63, 3.8) is 0 Å². The molecule has 0 fully saturated rings. The Hall–Kier alpha value is -1.88. The standard InChI is InChI=1S/C13H14N2O2S/c1-8(2)7-11(16)14-13-15-12-9(17-3)5-4-6-10(12)18-13/h4-7H,1-3H3,(H,14,15,16). The molecule has 0 saturated carbocycles. The molecular formula is C13H14N2O2S. The number of rotatable bonds is 3. The average Bonchev–Trinajstić information content (AvgIpc) is 2.69. The lowest BCUT2D eigenvalue weighted by atomic mass is 10.3. The van der Waals surface area contributed by atoms with Gasteiger partial charge in [-0.2, -0.15) is 0 Å². The van der Waals surface area contributed by atoms with Crippen LogP contribution in [0.2, 0.25) is 0 Å². The van der Waals surface area contributed by atoms with Gasteiger partial charge in [0, 0.05) is 6.08 Å². The summed E-state index contributed by atoms with van der Waals surface area (Å²) in [5, 5.41) is 3.33. The molecule has 1 N–H and O–H groups in total. The molecular weight excluding hydrogens is 248 g/mol. The molecule has 0 unspecified atom stereocenters. The summed E-state index contributed by atoms with van der Waals surface area (Å²) in [5.41, 5.74) is 1.73. The maximum atomic E-state index is 11.6. The van der Waals surface area contributed by atoms with E-state index in [0.717, 1.165) is 15.8 Å². The van der Waals surface area contributed by atoms with Crippen LogP contribution in [-0.2, 0) is 4.79 Å². The average molecular weight is 262 g/mol. The molecule has 4 nitrogen and oxygen atoms in total. The number of nitrogens with one attached hydrogen (secondary N) is 1. The Kier molecular flexibility index (Phi) is 3.62. The smallest absolute Gasteiger partial charge is 0.250 e. The number of hydrogen-bond donors (Lipinski definition) is 1. The number of para-hydroxylation sites is 1. The molecule has 0 aliphatic carbocycles. The highest BCUT2D eigenvalue weighted by molar-refractivity contribution is 7.22. The molecule has 1 aromatic heterocycles. The van der Waals surface area contributed by atoms with E-state index >= 15 is 0 Å². The lowest BCUT2D eigenvalue weighted by molar-refractivity contribution is -0.111. The molecule has 2 rings (SSSR count). The first kappa shape index (κ1) is 12.6. The molecule has 2 aromatic rings. The predicted molar refractivity (Wildman–Crippen MR) is 74.2 cm³/mol. The summed E-state index contributed by atoms with van der Waals surface area (Å²) in [6.07, 6.45) is 1.54. The van der Waals surface area contributed by atoms with Crippen molar-refractivity contribution in [1.29, 1.82) is 0 Å². The number of aromatic nitrogens is 1. The summed E-state index contributed by atoms with van der Waals surface area (Å²) in [5.74, 6) is 0.555. The maximum absolute atomic E-state index is 11.6. The number of carbonyl (C=O) groups is 1. The predicted octanol–water partition coefficient (Wildman–Crippen LogP) is 3.21. The SMILES string of the molecule is COc1cccc2sc(NC(=O)C=C(C)C)nc12. The second-order valence-electron chi connectivity index (χ2n) is 4.04. The second kappa shape index (κ2) is 5.18. The molecule has 0 atom stereocenters. The number of hydrogen-bond acceptors (Lipinski definition) is 4. The van der Waals surface area contributed by atoms with E-state index in [-0.39, 0.29) is 5.91 Å². The Morgan fingerprint density at radius 3 is 2.89 bits per heavy atom. The van der Waals surface area contributed by atoms with Gasteiger partial charge in [-0.3, -0.25) is 10.1 Å². The third-order valence-electron chi connectivity index (χ3n) is 2.25. The van der Waals surface area contributed by atoms with Gasteiger partial charge in [0.1, 0.15) is 11.3 Å². The molecule has 1 heterocycles. The molecule has 0 aliphatic heterocycles. The topological polar surface area (TPSA) is 51.2 Å². The first-order valence-electron chi connectivity index (χ1n) is 5.49. The summed E-state index contributed by atoms with van der Waals surface area (Å²) >= 11 is 1.43. The van der Waals surface area contributed by atoms with Crippen molar-refractivity contribution in [3.05, 3.63) is 29.8 Å². The first-order chi connectivity index (χ1) is 8.60. The monoisotopic (exact) mass is 262 g/mol. The third-order valence-corrected chi connectivity index (χ3v) is 3.19. The van der Waals surface area contributed by atoms with E-state index < -0.39 is 0 Å². The number of fused-ring (bicyclic) bond motifs is 1. The molecule has 1 amide bonds. The van der Waals surface area contributed by atoms with Gasteiger partial charge in [0.05, 0.1) is 11.8 Å². The van der Waals surface area contributed by atoms with Crippen LogP contribution >= 0.6 is 11.3 Å². The number of nitrogens with zero attached hydrogens (tertiary/aromatic N) is 1. The number of carbonyl (C=O) groups excluding carboxylic acids is 1. The zero-order valence-corrected chi connectivity index (χ0v) is 11.3. The summed E-state index contributed by atoms with van der Waals surface area (Å²) in [6.45, 7) is 3.75. The van der Waals surface area contributed by atoms with Crippen molar-refractivity contribution in [2.45, 2.75) is 13.8 Å². The minimum Gasteiger partial charge on any atom is -0.494 e. The Morgan fingerprint density at radius 1 is 1.44 bits per heavy atom. The highest BCUT2D eigenvalue weighted by Crippen LogP contribution is 2.31. The minimum absolute atomic E-state index is 0.159. The molecule has 18 heavy (non-hydrogen) atoms. The maximum Gasteiger partial charge on any atom is 0.250 e. The second-order valence-corrected chi connectivity index (χ2v) is 5.07. The van der Waals surface area contributed by atoms with Crippen molar-refractivity contribution >= 4 is 32.6 Å². The van der Waals surface area contributed by atoms with Gasteiger partial charge in [-0.05, 0) is 26.0 Å². The fraction of sp³-hybridized carbons (Fsp3) is 0.231. The largest absolute Gasteiger partial charge is 0.494 e. The van der Waals surface area contributed by atoms with Crippen molar-refractivity contribution in [1.82, 2.24) is 4.98 Å². The lowest BCUT2D eigenvalue weighted by Gasteiger charge is -1.98. The van der Waals surface area contributed by atoms with Crippen LogP contribution in [0.15, 0.2) is 29.8 Å². The van der Waals surface area contributed by atoms with E-state index in [1.165, 1.54) is 11.3 Å². The van der Waals surface area contributed by atoms with Crippen LogP contribution in [0, 0.1) is 0 Å². The lowest BCUT2D eigenvalue weighted by Crippen LogP contribution is -2.07. The Balaban J connectivity index is 2.31. The van der Waals surface area contributed by atoms with E-state index in [0.29, 0.717) is 10.9 Å². The Morgan fingerprint density at radius 2 is 2.22 bits per heavy atom. The fourth-order valence-corrected chi connectivity index (χ4v) is 2.43. The van der Waals surface area contributed by atoms with E-state index in [4.69, 9.17) is 4.74 Å². The molecule has 94 valence electrons. The van der Waals surface area contributed by atoms with Crippen LogP contribution in [0.1, 0.15) is 13.8 Å². The van der Waals surface area contributed by atoms with Gasteiger partial charge < -0.3 is 4.74 Å². The fourth-order valence-electron chi connectivity index (χ4n) is 1.55. The van der Waals surface area contributed by atoms with Gasteiger partial charge in [-0.25, -0.2) is 4.98 Å². The Labute approximate surface area is 109 Å². The van der Waals surface area contributed by atoms with E-state index in [1.54, 1.807) is 13.2 Å². The number of anilines is 1. The van der Waals surface area contributed by atoms with E-state index in [1.807, 2.05) is 32.0 Å². The van der Waals surface area contributed by atoms with Crippen molar-refractivity contribution < 1.29 is 9.53 Å². The zero-order valence-electron chi connectivity index (χ0n) is 10.5. The van der Waals surface area contributed by atoms with E-state index in [2.05, 4.69) is 10.3 Å². The van der Waals surface area contributed by atoms with E-state index in [9.17, 15) is 4.79 Å². The number of allylic oxidation sites excluding steroid dienone is 1. The summed E-state index contributed by atoms with van der Waals surface area (Å²) in [6, 6.07) is 5.71. The summed E-state index contributed by atoms with van der Waals surface area (Å²) in [7, 11) is 1.61. The van der Waals surface area contributed by atoms with Crippen LogP contribution < -0.4 is 10.1 Å². The van der Waals surface area contributed by atoms with Gasteiger partial charge >= 0.3 is 0 Å². The van der Waals surface area contributed by atoms with Gasteiger partial charge in [-0.15, -0.1) is 0 Å². The van der Waals surface area contributed by atoms with Crippen LogP contribution in [0.5, 0.6) is 5.75 Å². The molecule has 5 heteroatoms. The van der Waals surface area contributed by atoms with Gasteiger partial charge in [0.2, 0.25) is 5.91 Å². The molecule has 0 saturated heterocycles. The number of thiazole rings is 1. The molecule has 0 bridgehead atoms. The van der Waals surface area contributed by atoms with Crippen molar-refractivity contribution in [2.75, 3.05) is 12.4 Å². The summed E-state index contributed by atoms with van der Waals surface area (Å²) < 4.78 is 6.22. The zero-order chi connectivity index (χ0) is 13.1. The molecule has 0 radical (unpaired) electrons. The van der Waals surface area contributed by atoms with Crippen LogP contribution in [0.3, 0.4) is 0 Å². The number of methoxy groups -OCH3 is 1. The molecule has 1 aromatic carbocycles. The van der Waals surface area contributed by atoms with Gasteiger partial charge in [0.15, 0.2) is 5.13 Å². The first-order valence-corrected chi connectivity index (χ1v) is 6.31. The summed E-state index contributed by atoms with van der Waals surface area (Å²) in [4.78, 5) is 16.0. The van der Waals surface area contributed by atoms with Crippen molar-refractivity contribution in [3.8, 4) is 5.75 Å². The normalized spacial score (nSPS) is 10.2. The quantitative estimate of drug-likeness (QED) is 0.864.